The van der Waals surface area contributed by atoms with Gasteiger partial charge < -0.3 is 0 Å². The van der Waals surface area contributed by atoms with E-state index >= 15 is 0 Å². The van der Waals surface area contributed by atoms with Gasteiger partial charge in [-0.05, 0) is 85.3 Å². The third-order valence-corrected chi connectivity index (χ3v) is 6.85. The van der Waals surface area contributed by atoms with Crippen molar-refractivity contribution in [2.24, 2.45) is 0 Å². The van der Waals surface area contributed by atoms with Crippen molar-refractivity contribution < 1.29 is 26.3 Å². The monoisotopic (exact) mass is 504 g/mol. The van der Waals surface area contributed by atoms with Crippen LogP contribution < -0.4 is 0 Å². The molecule has 0 aliphatic heterocycles. The van der Waals surface area contributed by atoms with E-state index in [9.17, 15) is 26.3 Å². The van der Waals surface area contributed by atoms with E-state index in [4.69, 9.17) is 0 Å². The zero-order valence-corrected chi connectivity index (χ0v) is 19.8. The van der Waals surface area contributed by atoms with Crippen molar-refractivity contribution >= 4 is 5.83 Å². The molecule has 8 heteroatoms. The molecule has 0 amide bonds. The van der Waals surface area contributed by atoms with Gasteiger partial charge in [-0.3, -0.25) is 0 Å². The van der Waals surface area contributed by atoms with Crippen LogP contribution in [0.3, 0.4) is 0 Å². The average molecular weight is 505 g/mol. The summed E-state index contributed by atoms with van der Waals surface area (Å²) in [6, 6.07) is 5.98. The molecular weight excluding hydrogens is 478 g/mol. The van der Waals surface area contributed by atoms with E-state index < -0.39 is 34.9 Å². The van der Waals surface area contributed by atoms with Gasteiger partial charge in [0, 0.05) is 24.4 Å². The zero-order chi connectivity index (χ0) is 25.8. The summed E-state index contributed by atoms with van der Waals surface area (Å²) in [4.78, 5) is 8.73. The van der Waals surface area contributed by atoms with Crippen molar-refractivity contribution in [2.45, 2.75) is 63.7 Å². The van der Waals surface area contributed by atoms with E-state index in [-0.39, 0.29) is 30.2 Å². The van der Waals surface area contributed by atoms with Crippen LogP contribution in [-0.2, 0) is 12.8 Å². The van der Waals surface area contributed by atoms with Crippen LogP contribution in [0.2, 0.25) is 0 Å². The summed E-state index contributed by atoms with van der Waals surface area (Å²) in [6.07, 6.45) is 7.12. The molecule has 1 aromatic heterocycles. The fourth-order valence-electron chi connectivity index (χ4n) is 4.76. The lowest BCUT2D eigenvalue weighted by atomic mass is 9.76. The van der Waals surface area contributed by atoms with E-state index in [0.717, 1.165) is 49.4 Å². The van der Waals surface area contributed by atoms with Gasteiger partial charge in [-0.15, -0.1) is 0 Å². The van der Waals surface area contributed by atoms with Gasteiger partial charge in [0.2, 0.25) is 0 Å². The van der Waals surface area contributed by atoms with Gasteiger partial charge in [-0.2, -0.15) is 0 Å². The van der Waals surface area contributed by atoms with Crippen LogP contribution >= 0.6 is 0 Å². The van der Waals surface area contributed by atoms with Crippen LogP contribution in [0, 0.1) is 23.3 Å². The maximum atomic E-state index is 14.7. The van der Waals surface area contributed by atoms with Crippen molar-refractivity contribution in [2.75, 3.05) is 0 Å². The molecule has 1 aliphatic rings. The molecule has 190 valence electrons. The Hall–Kier alpha value is -3.16. The maximum absolute atomic E-state index is 14.7. The summed E-state index contributed by atoms with van der Waals surface area (Å²) >= 11 is 0. The molecule has 0 N–H and O–H groups in total. The van der Waals surface area contributed by atoms with Gasteiger partial charge in [0.15, 0.2) is 23.3 Å². The molecule has 0 bridgehead atoms. The maximum Gasteiger partial charge on any atom is 0.194 e. The highest BCUT2D eigenvalue weighted by atomic mass is 19.2. The van der Waals surface area contributed by atoms with Gasteiger partial charge in [-0.25, -0.2) is 36.3 Å². The molecule has 2 aromatic carbocycles. The Bertz CT molecular complexity index is 1220. The standard InChI is InChI=1S/C28H26F6N2/c1-2-22(29)27(33)19-8-9-21(23(30)13-19)18-6-4-17(5-7-18)20-14-35-26(36-15-20)10-3-16-11-24(31)28(34)25(32)12-16/h8-9,11-15,17-18H,2-7,10H2,1H3. The molecule has 1 heterocycles. The van der Waals surface area contributed by atoms with Crippen LogP contribution in [0.15, 0.2) is 48.6 Å². The highest BCUT2D eigenvalue weighted by molar-refractivity contribution is 5.61. The average Bonchev–Trinajstić information content (AvgIpc) is 2.90. The summed E-state index contributed by atoms with van der Waals surface area (Å²) in [5.41, 5.74) is 1.72. The Balaban J connectivity index is 1.34. The highest BCUT2D eigenvalue weighted by Gasteiger charge is 2.26. The number of aryl methyl sites for hydroxylation is 2. The lowest BCUT2D eigenvalue weighted by Gasteiger charge is -2.29. The minimum atomic E-state index is -1.48. The molecule has 0 atom stereocenters. The Morgan fingerprint density at radius 2 is 1.42 bits per heavy atom. The first-order valence-electron chi connectivity index (χ1n) is 12.0. The van der Waals surface area contributed by atoms with Gasteiger partial charge in [0.1, 0.15) is 17.5 Å². The fraction of sp³-hybridized carbons (Fsp3) is 0.357. The van der Waals surface area contributed by atoms with Gasteiger partial charge in [0.25, 0.3) is 0 Å². The zero-order valence-electron chi connectivity index (χ0n) is 19.8. The first-order chi connectivity index (χ1) is 17.3. The third-order valence-electron chi connectivity index (χ3n) is 6.85. The normalized spacial score (nSPS) is 18.8. The molecular formula is C28H26F6N2. The number of halogens is 6. The van der Waals surface area contributed by atoms with E-state index in [1.165, 1.54) is 13.0 Å². The Morgan fingerprint density at radius 1 is 0.806 bits per heavy atom. The molecule has 0 spiro atoms. The van der Waals surface area contributed by atoms with E-state index in [0.29, 0.717) is 23.4 Å². The second-order valence-electron chi connectivity index (χ2n) is 9.16. The molecule has 0 unspecified atom stereocenters. The minimum absolute atomic E-state index is 0.00458. The summed E-state index contributed by atoms with van der Waals surface area (Å²) < 4.78 is 82.1. The number of hydrogen-bond donors (Lipinski definition) is 0. The molecule has 3 aromatic rings. The molecule has 36 heavy (non-hydrogen) atoms. The molecule has 0 radical (unpaired) electrons. The van der Waals surface area contributed by atoms with Crippen LogP contribution in [0.4, 0.5) is 26.3 Å². The lowest BCUT2D eigenvalue weighted by Crippen LogP contribution is -2.14. The van der Waals surface area contributed by atoms with Gasteiger partial charge >= 0.3 is 0 Å². The first-order valence-corrected chi connectivity index (χ1v) is 12.0. The summed E-state index contributed by atoms with van der Waals surface area (Å²) in [5.74, 6) is -5.64. The third kappa shape index (κ3) is 5.79. The van der Waals surface area contributed by atoms with E-state index in [1.54, 1.807) is 18.5 Å². The molecule has 0 saturated heterocycles. The fourth-order valence-corrected chi connectivity index (χ4v) is 4.76. The highest BCUT2D eigenvalue weighted by Crippen LogP contribution is 2.41. The van der Waals surface area contributed by atoms with Gasteiger partial charge in [0.05, 0.1) is 0 Å². The van der Waals surface area contributed by atoms with Crippen LogP contribution in [0.1, 0.15) is 78.9 Å². The van der Waals surface area contributed by atoms with Crippen molar-refractivity contribution in [3.05, 3.63) is 99.9 Å². The smallest absolute Gasteiger partial charge is 0.194 e. The van der Waals surface area contributed by atoms with Crippen molar-refractivity contribution in [1.82, 2.24) is 9.97 Å². The largest absolute Gasteiger partial charge is 0.241 e. The number of aromatic nitrogens is 2. The molecule has 1 saturated carbocycles. The minimum Gasteiger partial charge on any atom is -0.241 e. The Kier molecular flexibility index (Phi) is 8.11. The van der Waals surface area contributed by atoms with Gasteiger partial charge in [-0.1, -0.05) is 19.1 Å². The van der Waals surface area contributed by atoms with Crippen LogP contribution in [-0.4, -0.2) is 9.97 Å². The molecule has 1 aliphatic carbocycles. The molecule has 4 rings (SSSR count). The molecule has 1 fully saturated rings. The topological polar surface area (TPSA) is 25.8 Å². The second kappa shape index (κ2) is 11.3. The number of hydrogen-bond acceptors (Lipinski definition) is 2. The predicted molar refractivity (Wildman–Crippen MR) is 126 cm³/mol. The summed E-state index contributed by atoms with van der Waals surface area (Å²) in [7, 11) is 0. The SMILES string of the molecule is CCC(F)=C(F)c1ccc(C2CCC(c3cnc(CCc4cc(F)c(F)c(F)c4)nc3)CC2)c(F)c1. The number of allylic oxidation sites excluding steroid dienone is 1. The number of benzene rings is 2. The Morgan fingerprint density at radius 3 is 2.00 bits per heavy atom. The van der Waals surface area contributed by atoms with Crippen molar-refractivity contribution in [3.63, 3.8) is 0 Å². The summed E-state index contributed by atoms with van der Waals surface area (Å²) in [6.45, 7) is 1.50. The number of nitrogens with zero attached hydrogens (tertiary/aromatic N) is 2. The predicted octanol–water partition coefficient (Wildman–Crippen LogP) is 8.28. The first kappa shape index (κ1) is 25.9. The number of rotatable bonds is 7. The van der Waals surface area contributed by atoms with Crippen molar-refractivity contribution in [1.29, 1.82) is 0 Å². The Labute approximate surface area is 206 Å². The second-order valence-corrected chi connectivity index (χ2v) is 9.16. The molecule has 2 nitrogen and oxygen atoms in total. The van der Waals surface area contributed by atoms with E-state index in [1.807, 2.05) is 0 Å². The van der Waals surface area contributed by atoms with Crippen LogP contribution in [0.25, 0.3) is 5.83 Å². The van der Waals surface area contributed by atoms with Crippen LogP contribution in [0.5, 0.6) is 0 Å². The van der Waals surface area contributed by atoms with E-state index in [2.05, 4.69) is 9.97 Å². The quantitative estimate of drug-likeness (QED) is 0.239. The van der Waals surface area contributed by atoms with Crippen molar-refractivity contribution in [3.8, 4) is 0 Å². The summed E-state index contributed by atoms with van der Waals surface area (Å²) in [5, 5.41) is 0. The lowest BCUT2D eigenvalue weighted by molar-refractivity contribution is 0.386.